The standard InChI is InChI=1S/C35H41N5O4/c1-23-19-40(25(3)22-41)35(43)29-12-9-13-30(36-34(42)31-18-24(2)37-39(31)5)33(29)44-32(23)21-38(4)20-26-14-16-28(17-15-26)27-10-7-6-8-11-27/h6-18,23,25,32,41H,19-22H2,1-5H3,(H,36,42)/t23-,25+,32-/m0/s1. The number of benzene rings is 3. The normalized spacial score (nSPS) is 17.4. The fraction of sp³-hybridized carbons (Fsp3) is 0.343. The van der Waals surface area contributed by atoms with Gasteiger partial charge < -0.3 is 20.1 Å². The Hall–Kier alpha value is -4.47. The van der Waals surface area contributed by atoms with E-state index in [-0.39, 0.29) is 36.5 Å². The lowest BCUT2D eigenvalue weighted by Gasteiger charge is -2.38. The minimum atomic E-state index is -0.381. The maximum absolute atomic E-state index is 13.8. The first-order valence-corrected chi connectivity index (χ1v) is 15.0. The number of carbonyl (C=O) groups is 2. The molecular weight excluding hydrogens is 554 g/mol. The van der Waals surface area contributed by atoms with Crippen molar-refractivity contribution in [3.63, 3.8) is 0 Å². The van der Waals surface area contributed by atoms with Crippen LogP contribution < -0.4 is 10.1 Å². The second-order valence-electron chi connectivity index (χ2n) is 11.8. The van der Waals surface area contributed by atoms with Gasteiger partial charge in [-0.3, -0.25) is 19.2 Å². The Bertz CT molecular complexity index is 1600. The molecule has 9 nitrogen and oxygen atoms in total. The van der Waals surface area contributed by atoms with Crippen LogP contribution in [-0.2, 0) is 13.6 Å². The molecule has 0 aliphatic carbocycles. The number of aliphatic hydroxyl groups is 1. The van der Waals surface area contributed by atoms with Crippen LogP contribution in [0.5, 0.6) is 5.75 Å². The second kappa shape index (κ2) is 13.4. The van der Waals surface area contributed by atoms with E-state index in [1.54, 1.807) is 36.2 Å². The van der Waals surface area contributed by atoms with Gasteiger partial charge in [-0.1, -0.05) is 67.6 Å². The predicted molar refractivity (Wildman–Crippen MR) is 172 cm³/mol. The molecule has 2 amide bonds. The van der Waals surface area contributed by atoms with E-state index < -0.39 is 0 Å². The summed E-state index contributed by atoms with van der Waals surface area (Å²) in [5, 5.41) is 17.2. The molecule has 5 rings (SSSR count). The quantitative estimate of drug-likeness (QED) is 0.283. The molecule has 1 aliphatic rings. The first-order valence-electron chi connectivity index (χ1n) is 15.0. The van der Waals surface area contributed by atoms with Gasteiger partial charge in [0.25, 0.3) is 11.8 Å². The maximum atomic E-state index is 13.8. The number of para-hydroxylation sites is 1. The lowest BCUT2D eigenvalue weighted by Crippen LogP contribution is -2.49. The van der Waals surface area contributed by atoms with Gasteiger partial charge in [0, 0.05) is 32.6 Å². The van der Waals surface area contributed by atoms with Crippen LogP contribution in [0.15, 0.2) is 78.9 Å². The van der Waals surface area contributed by atoms with Gasteiger partial charge in [0.1, 0.15) is 11.8 Å². The third-order valence-corrected chi connectivity index (χ3v) is 8.18. The number of aromatic nitrogens is 2. The molecule has 2 heterocycles. The third-order valence-electron chi connectivity index (χ3n) is 8.18. The largest absolute Gasteiger partial charge is 0.486 e. The molecule has 0 radical (unpaired) electrons. The van der Waals surface area contributed by atoms with Gasteiger partial charge in [0.2, 0.25) is 0 Å². The summed E-state index contributed by atoms with van der Waals surface area (Å²) in [5.74, 6) is -0.323. The van der Waals surface area contributed by atoms with E-state index in [1.807, 2.05) is 32.0 Å². The summed E-state index contributed by atoms with van der Waals surface area (Å²) in [6, 6.07) is 25.4. The Morgan fingerprint density at radius 1 is 1.09 bits per heavy atom. The number of fused-ring (bicyclic) bond motifs is 1. The van der Waals surface area contributed by atoms with E-state index in [0.717, 1.165) is 5.69 Å². The number of anilines is 1. The number of amides is 2. The summed E-state index contributed by atoms with van der Waals surface area (Å²) in [7, 11) is 3.77. The smallest absolute Gasteiger partial charge is 0.274 e. The first kappa shape index (κ1) is 31.0. The Kier molecular flexibility index (Phi) is 9.46. The average molecular weight is 596 g/mol. The number of likely N-dealkylation sites (N-methyl/N-ethyl adjacent to an activating group) is 1. The highest BCUT2D eigenvalue weighted by atomic mass is 16.5. The SMILES string of the molecule is Cc1cc(C(=O)Nc2cccc3c2O[C@@H](CN(C)Cc2ccc(-c4ccccc4)cc2)[C@@H](C)CN([C@H](C)CO)C3=O)n(C)n1. The fourth-order valence-electron chi connectivity index (χ4n) is 5.69. The summed E-state index contributed by atoms with van der Waals surface area (Å²) in [5.41, 5.74) is 5.42. The van der Waals surface area contributed by atoms with Crippen LogP contribution in [0.4, 0.5) is 5.69 Å². The van der Waals surface area contributed by atoms with Crippen LogP contribution in [0.3, 0.4) is 0 Å². The Morgan fingerprint density at radius 3 is 2.45 bits per heavy atom. The van der Waals surface area contributed by atoms with Crippen molar-refractivity contribution in [3.05, 3.63) is 101 Å². The molecule has 0 spiro atoms. The van der Waals surface area contributed by atoms with Crippen molar-refractivity contribution in [2.45, 2.75) is 39.5 Å². The number of hydrogen-bond donors (Lipinski definition) is 2. The molecule has 4 aromatic rings. The van der Waals surface area contributed by atoms with Crippen LogP contribution in [0, 0.1) is 12.8 Å². The van der Waals surface area contributed by atoms with Crippen LogP contribution in [-0.4, -0.2) is 75.4 Å². The van der Waals surface area contributed by atoms with E-state index in [1.165, 1.54) is 21.4 Å². The molecule has 9 heteroatoms. The monoisotopic (exact) mass is 595 g/mol. The number of carbonyl (C=O) groups excluding carboxylic acids is 2. The number of rotatable bonds is 9. The van der Waals surface area contributed by atoms with Crippen molar-refractivity contribution in [1.29, 1.82) is 0 Å². The summed E-state index contributed by atoms with van der Waals surface area (Å²) in [4.78, 5) is 31.0. The molecule has 3 atom stereocenters. The van der Waals surface area contributed by atoms with E-state index in [4.69, 9.17) is 4.74 Å². The van der Waals surface area contributed by atoms with E-state index >= 15 is 0 Å². The Labute approximate surface area is 259 Å². The lowest BCUT2D eigenvalue weighted by atomic mass is 9.98. The molecule has 3 aromatic carbocycles. The molecule has 0 saturated heterocycles. The second-order valence-corrected chi connectivity index (χ2v) is 11.8. The van der Waals surface area contributed by atoms with Crippen molar-refractivity contribution >= 4 is 17.5 Å². The predicted octanol–water partition coefficient (Wildman–Crippen LogP) is 5.00. The Morgan fingerprint density at radius 2 is 1.80 bits per heavy atom. The molecule has 1 aliphatic heterocycles. The molecule has 0 unspecified atom stereocenters. The van der Waals surface area contributed by atoms with Crippen molar-refractivity contribution in [1.82, 2.24) is 19.6 Å². The Balaban J connectivity index is 1.40. The van der Waals surface area contributed by atoms with Crippen LogP contribution in [0.1, 0.15) is 46.0 Å². The first-order chi connectivity index (χ1) is 21.1. The fourth-order valence-corrected chi connectivity index (χ4v) is 5.69. The zero-order valence-corrected chi connectivity index (χ0v) is 26.0. The lowest BCUT2D eigenvalue weighted by molar-refractivity contribution is 0.0343. The molecule has 0 bridgehead atoms. The number of aryl methyl sites for hydroxylation is 2. The highest BCUT2D eigenvalue weighted by molar-refractivity contribution is 6.06. The number of nitrogens with one attached hydrogen (secondary N) is 1. The van der Waals surface area contributed by atoms with Gasteiger partial charge >= 0.3 is 0 Å². The average Bonchev–Trinajstić information content (AvgIpc) is 3.37. The van der Waals surface area contributed by atoms with E-state index in [2.05, 4.69) is 65.7 Å². The molecule has 44 heavy (non-hydrogen) atoms. The minimum Gasteiger partial charge on any atom is -0.486 e. The highest BCUT2D eigenvalue weighted by Gasteiger charge is 2.34. The molecule has 0 saturated carbocycles. The highest BCUT2D eigenvalue weighted by Crippen LogP contribution is 2.35. The van der Waals surface area contributed by atoms with Gasteiger partial charge in [0.15, 0.2) is 5.75 Å². The zero-order chi connectivity index (χ0) is 31.4. The van der Waals surface area contributed by atoms with Crippen molar-refractivity contribution in [3.8, 4) is 16.9 Å². The molecule has 0 fully saturated rings. The van der Waals surface area contributed by atoms with Crippen molar-refractivity contribution < 1.29 is 19.4 Å². The van der Waals surface area contributed by atoms with Gasteiger partial charge in [-0.2, -0.15) is 5.10 Å². The minimum absolute atomic E-state index is 0.0625. The summed E-state index contributed by atoms with van der Waals surface area (Å²) in [6.45, 7) is 7.28. The van der Waals surface area contributed by atoms with Gasteiger partial charge in [0.05, 0.1) is 29.6 Å². The number of ether oxygens (including phenoxy) is 1. The van der Waals surface area contributed by atoms with Gasteiger partial charge in [-0.05, 0) is 55.8 Å². The molecule has 1 aromatic heterocycles. The van der Waals surface area contributed by atoms with Crippen LogP contribution >= 0.6 is 0 Å². The molecule has 2 N–H and O–H groups in total. The van der Waals surface area contributed by atoms with Crippen molar-refractivity contribution in [2.75, 3.05) is 32.1 Å². The van der Waals surface area contributed by atoms with Gasteiger partial charge in [-0.25, -0.2) is 0 Å². The van der Waals surface area contributed by atoms with E-state index in [0.29, 0.717) is 42.3 Å². The summed E-state index contributed by atoms with van der Waals surface area (Å²) < 4.78 is 8.21. The topological polar surface area (TPSA) is 99.9 Å². The maximum Gasteiger partial charge on any atom is 0.274 e. The van der Waals surface area contributed by atoms with Crippen LogP contribution in [0.2, 0.25) is 0 Å². The summed E-state index contributed by atoms with van der Waals surface area (Å²) >= 11 is 0. The summed E-state index contributed by atoms with van der Waals surface area (Å²) in [6.07, 6.45) is -0.305. The number of nitrogens with zero attached hydrogens (tertiary/aromatic N) is 4. The number of hydrogen-bond acceptors (Lipinski definition) is 6. The number of aliphatic hydroxyl groups excluding tert-OH is 1. The zero-order valence-electron chi connectivity index (χ0n) is 26.0. The molecule has 230 valence electrons. The molecular formula is C35H41N5O4. The van der Waals surface area contributed by atoms with E-state index in [9.17, 15) is 14.7 Å². The van der Waals surface area contributed by atoms with Crippen LogP contribution in [0.25, 0.3) is 11.1 Å². The van der Waals surface area contributed by atoms with Gasteiger partial charge in [-0.15, -0.1) is 0 Å². The van der Waals surface area contributed by atoms with Crippen molar-refractivity contribution in [2.24, 2.45) is 13.0 Å². The third kappa shape index (κ3) is 6.85.